The number of sulfone groups is 1. The second-order valence-corrected chi connectivity index (χ2v) is 6.89. The third kappa shape index (κ3) is 2.27. The van der Waals surface area contributed by atoms with E-state index in [1.165, 1.54) is 5.56 Å². The van der Waals surface area contributed by atoms with E-state index in [1.807, 2.05) is 24.3 Å². The molecule has 0 bridgehead atoms. The molecule has 1 N–H and O–H groups in total. The first-order chi connectivity index (χ1) is 8.45. The van der Waals surface area contributed by atoms with Crippen LogP contribution in [0.2, 0.25) is 0 Å². The van der Waals surface area contributed by atoms with Crippen molar-refractivity contribution in [3.8, 4) is 0 Å². The van der Waals surface area contributed by atoms with Gasteiger partial charge in [-0.25, -0.2) is 8.42 Å². The number of carboxylic acid groups (broad SMARTS) is 1. The molecule has 0 heterocycles. The van der Waals surface area contributed by atoms with Crippen LogP contribution in [0.1, 0.15) is 30.4 Å². The Labute approximate surface area is 107 Å². The SMILES string of the molecule is CCC(C(=O)O)S(=O)(=O)CC1Cc2ccccc21. The predicted octanol–water partition coefficient (Wildman–Crippen LogP) is 1.60. The molecule has 0 saturated carbocycles. The first-order valence-electron chi connectivity index (χ1n) is 5.98. The lowest BCUT2D eigenvalue weighted by molar-refractivity contribution is -0.136. The van der Waals surface area contributed by atoms with E-state index in [-0.39, 0.29) is 18.1 Å². The molecule has 1 aliphatic rings. The summed E-state index contributed by atoms with van der Waals surface area (Å²) in [4.78, 5) is 10.9. The Balaban J connectivity index is 2.14. The Morgan fingerprint density at radius 1 is 1.44 bits per heavy atom. The molecule has 1 aromatic carbocycles. The zero-order valence-corrected chi connectivity index (χ0v) is 11.0. The Kier molecular flexibility index (Phi) is 3.43. The molecule has 0 spiro atoms. The van der Waals surface area contributed by atoms with Gasteiger partial charge in [0.2, 0.25) is 0 Å². The molecule has 4 nitrogen and oxygen atoms in total. The van der Waals surface area contributed by atoms with Crippen molar-refractivity contribution in [3.05, 3.63) is 35.4 Å². The highest BCUT2D eigenvalue weighted by Gasteiger charge is 2.36. The van der Waals surface area contributed by atoms with Crippen LogP contribution in [0.25, 0.3) is 0 Å². The Hall–Kier alpha value is -1.36. The van der Waals surface area contributed by atoms with Gasteiger partial charge in [-0.1, -0.05) is 31.2 Å². The van der Waals surface area contributed by atoms with Gasteiger partial charge in [-0.3, -0.25) is 4.79 Å². The van der Waals surface area contributed by atoms with Crippen molar-refractivity contribution < 1.29 is 18.3 Å². The summed E-state index contributed by atoms with van der Waals surface area (Å²) in [7, 11) is -3.57. The number of carbonyl (C=O) groups is 1. The van der Waals surface area contributed by atoms with Gasteiger partial charge in [0.25, 0.3) is 0 Å². The lowest BCUT2D eigenvalue weighted by atomic mass is 9.79. The minimum absolute atomic E-state index is 0.0420. The number of fused-ring (bicyclic) bond motifs is 1. The molecule has 0 radical (unpaired) electrons. The van der Waals surface area contributed by atoms with Gasteiger partial charge in [-0.05, 0) is 24.0 Å². The molecule has 0 fully saturated rings. The Bertz CT molecular complexity index is 562. The number of hydrogen-bond acceptors (Lipinski definition) is 3. The van der Waals surface area contributed by atoms with Crippen LogP contribution in [-0.4, -0.2) is 30.5 Å². The van der Waals surface area contributed by atoms with E-state index >= 15 is 0 Å². The van der Waals surface area contributed by atoms with Crippen molar-refractivity contribution in [1.82, 2.24) is 0 Å². The van der Waals surface area contributed by atoms with Gasteiger partial charge in [0, 0.05) is 5.92 Å². The number of hydrogen-bond donors (Lipinski definition) is 1. The van der Waals surface area contributed by atoms with Gasteiger partial charge in [0.05, 0.1) is 5.75 Å². The zero-order chi connectivity index (χ0) is 13.3. The third-order valence-electron chi connectivity index (χ3n) is 3.47. The maximum absolute atomic E-state index is 12.0. The smallest absolute Gasteiger partial charge is 0.321 e. The minimum atomic E-state index is -3.57. The fourth-order valence-corrected chi connectivity index (χ4v) is 4.40. The van der Waals surface area contributed by atoms with E-state index in [1.54, 1.807) is 6.92 Å². The molecule has 1 aromatic rings. The van der Waals surface area contributed by atoms with Crippen molar-refractivity contribution in [2.24, 2.45) is 0 Å². The van der Waals surface area contributed by atoms with Crippen LogP contribution in [0.5, 0.6) is 0 Å². The number of rotatable bonds is 5. The first-order valence-corrected chi connectivity index (χ1v) is 7.69. The van der Waals surface area contributed by atoms with Crippen LogP contribution in [0.3, 0.4) is 0 Å². The largest absolute Gasteiger partial charge is 0.480 e. The molecule has 0 aromatic heterocycles. The maximum Gasteiger partial charge on any atom is 0.321 e. The summed E-state index contributed by atoms with van der Waals surface area (Å²) in [5.41, 5.74) is 2.21. The van der Waals surface area contributed by atoms with E-state index < -0.39 is 21.1 Å². The highest BCUT2D eigenvalue weighted by Crippen LogP contribution is 2.36. The minimum Gasteiger partial charge on any atom is -0.480 e. The molecule has 0 aliphatic heterocycles. The Morgan fingerprint density at radius 3 is 2.67 bits per heavy atom. The van der Waals surface area contributed by atoms with Gasteiger partial charge >= 0.3 is 5.97 Å². The first kappa shape index (κ1) is 13.1. The van der Waals surface area contributed by atoms with Crippen LogP contribution in [-0.2, 0) is 21.1 Å². The van der Waals surface area contributed by atoms with Crippen LogP contribution in [0.4, 0.5) is 0 Å². The molecular formula is C13H16O4S. The summed E-state index contributed by atoms with van der Waals surface area (Å²) in [5, 5.41) is 7.66. The molecule has 2 atom stereocenters. The van der Waals surface area contributed by atoms with E-state index in [4.69, 9.17) is 5.11 Å². The van der Waals surface area contributed by atoms with E-state index in [0.29, 0.717) is 0 Å². The van der Waals surface area contributed by atoms with E-state index in [2.05, 4.69) is 0 Å². The fourth-order valence-electron chi connectivity index (χ4n) is 2.49. The summed E-state index contributed by atoms with van der Waals surface area (Å²) in [6.45, 7) is 1.59. The predicted molar refractivity (Wildman–Crippen MR) is 68.4 cm³/mol. The van der Waals surface area contributed by atoms with Crippen molar-refractivity contribution in [2.75, 3.05) is 5.75 Å². The average molecular weight is 268 g/mol. The summed E-state index contributed by atoms with van der Waals surface area (Å²) in [6, 6.07) is 7.70. The Morgan fingerprint density at radius 2 is 2.11 bits per heavy atom. The normalized spacial score (nSPS) is 19.7. The summed E-state index contributed by atoms with van der Waals surface area (Å²) >= 11 is 0. The molecule has 2 unspecified atom stereocenters. The van der Waals surface area contributed by atoms with Crippen molar-refractivity contribution in [1.29, 1.82) is 0 Å². The third-order valence-corrected chi connectivity index (χ3v) is 5.74. The number of benzene rings is 1. The van der Waals surface area contributed by atoms with Crippen molar-refractivity contribution in [3.63, 3.8) is 0 Å². The second kappa shape index (κ2) is 4.72. The maximum atomic E-state index is 12.0. The van der Waals surface area contributed by atoms with Gasteiger partial charge < -0.3 is 5.11 Å². The average Bonchev–Trinajstić information content (AvgIpc) is 2.26. The standard InChI is InChI=1S/C13H16O4S/c1-2-12(13(14)15)18(16,17)8-10-7-9-5-3-4-6-11(9)10/h3-6,10,12H,2,7-8H2,1H3,(H,14,15). The van der Waals surface area contributed by atoms with Crippen LogP contribution >= 0.6 is 0 Å². The van der Waals surface area contributed by atoms with Crippen LogP contribution in [0.15, 0.2) is 24.3 Å². The zero-order valence-electron chi connectivity index (χ0n) is 10.2. The van der Waals surface area contributed by atoms with Gasteiger partial charge in [0.15, 0.2) is 15.1 Å². The van der Waals surface area contributed by atoms with Crippen molar-refractivity contribution >= 4 is 15.8 Å². The monoisotopic (exact) mass is 268 g/mol. The highest BCUT2D eigenvalue weighted by atomic mass is 32.2. The quantitative estimate of drug-likeness (QED) is 0.880. The number of aliphatic carboxylic acids is 1. The molecule has 0 saturated heterocycles. The number of carboxylic acids is 1. The molecule has 1 aliphatic carbocycles. The molecule has 18 heavy (non-hydrogen) atoms. The van der Waals surface area contributed by atoms with Gasteiger partial charge in [-0.15, -0.1) is 0 Å². The summed E-state index contributed by atoms with van der Waals surface area (Å²) < 4.78 is 24.1. The van der Waals surface area contributed by atoms with E-state index in [9.17, 15) is 13.2 Å². The van der Waals surface area contributed by atoms with E-state index in [0.717, 1.165) is 12.0 Å². The van der Waals surface area contributed by atoms with Gasteiger partial charge in [-0.2, -0.15) is 0 Å². The second-order valence-electron chi connectivity index (χ2n) is 4.66. The fraction of sp³-hybridized carbons (Fsp3) is 0.462. The molecule has 5 heteroatoms. The summed E-state index contributed by atoms with van der Waals surface area (Å²) in [6.07, 6.45) is 0.845. The highest BCUT2D eigenvalue weighted by molar-refractivity contribution is 7.92. The van der Waals surface area contributed by atoms with Gasteiger partial charge in [0.1, 0.15) is 0 Å². The van der Waals surface area contributed by atoms with Crippen LogP contribution < -0.4 is 0 Å². The van der Waals surface area contributed by atoms with Crippen LogP contribution in [0, 0.1) is 0 Å². The van der Waals surface area contributed by atoms with Crippen molar-refractivity contribution in [2.45, 2.75) is 30.9 Å². The molecule has 98 valence electrons. The lowest BCUT2D eigenvalue weighted by Crippen LogP contribution is -2.35. The lowest BCUT2D eigenvalue weighted by Gasteiger charge is -2.30. The molecular weight excluding hydrogens is 252 g/mol. The molecule has 2 rings (SSSR count). The topological polar surface area (TPSA) is 71.4 Å². The summed E-state index contributed by atoms with van der Waals surface area (Å²) in [5.74, 6) is -1.35. The molecule has 0 amide bonds.